The number of aromatic nitrogens is 3. The lowest BCUT2D eigenvalue weighted by molar-refractivity contribution is 0.780. The number of imidazole rings is 1. The lowest BCUT2D eigenvalue weighted by Gasteiger charge is -1.92. The zero-order valence-corrected chi connectivity index (χ0v) is 7.57. The topological polar surface area (TPSA) is 42.2 Å². The van der Waals surface area contributed by atoms with Crippen LogP contribution < -0.4 is 5.32 Å². The largest absolute Gasteiger partial charge is 0.319 e. The van der Waals surface area contributed by atoms with Gasteiger partial charge >= 0.3 is 0 Å². The van der Waals surface area contributed by atoms with Crippen LogP contribution in [0.5, 0.6) is 0 Å². The monoisotopic (exact) mass is 176 g/mol. The van der Waals surface area contributed by atoms with E-state index in [1.807, 2.05) is 23.8 Å². The molecule has 0 spiro atoms. The van der Waals surface area contributed by atoms with Crippen molar-refractivity contribution in [2.45, 2.75) is 6.42 Å². The summed E-state index contributed by atoms with van der Waals surface area (Å²) in [5, 5.41) is 3.10. The summed E-state index contributed by atoms with van der Waals surface area (Å²) in [6.07, 6.45) is 8.43. The molecule has 0 unspecified atom stereocenters. The van der Waals surface area contributed by atoms with Gasteiger partial charge in [0, 0.05) is 31.6 Å². The molecule has 2 rings (SSSR count). The van der Waals surface area contributed by atoms with Crippen LogP contribution in [0.15, 0.2) is 24.8 Å². The van der Waals surface area contributed by atoms with Crippen LogP contribution in [0.3, 0.4) is 0 Å². The molecular weight excluding hydrogens is 164 g/mol. The number of nitrogens with one attached hydrogen (secondary N) is 1. The van der Waals surface area contributed by atoms with Crippen LogP contribution in [0, 0.1) is 0 Å². The molecule has 0 atom stereocenters. The molecule has 0 bridgehead atoms. The first-order valence-electron chi connectivity index (χ1n) is 4.32. The van der Waals surface area contributed by atoms with Gasteiger partial charge in [0.2, 0.25) is 0 Å². The van der Waals surface area contributed by atoms with Gasteiger partial charge in [-0.15, -0.1) is 0 Å². The molecule has 68 valence electrons. The van der Waals surface area contributed by atoms with Crippen LogP contribution in [0.1, 0.15) is 5.69 Å². The third-order valence-electron chi connectivity index (χ3n) is 1.95. The molecule has 0 fully saturated rings. The van der Waals surface area contributed by atoms with E-state index < -0.39 is 0 Å². The predicted molar refractivity (Wildman–Crippen MR) is 50.6 cm³/mol. The molecule has 0 aliphatic carbocycles. The highest BCUT2D eigenvalue weighted by Gasteiger charge is 1.99. The Morgan fingerprint density at radius 3 is 3.23 bits per heavy atom. The minimum absolute atomic E-state index is 0.911. The van der Waals surface area contributed by atoms with Gasteiger partial charge in [0.05, 0.1) is 11.9 Å². The van der Waals surface area contributed by atoms with Crippen molar-refractivity contribution >= 4 is 5.65 Å². The highest BCUT2D eigenvalue weighted by atomic mass is 15.0. The van der Waals surface area contributed by atoms with Crippen LogP contribution in [0.25, 0.3) is 5.65 Å². The van der Waals surface area contributed by atoms with Crippen molar-refractivity contribution in [1.29, 1.82) is 0 Å². The van der Waals surface area contributed by atoms with Crippen molar-refractivity contribution in [2.24, 2.45) is 0 Å². The minimum atomic E-state index is 0.911. The zero-order valence-electron chi connectivity index (χ0n) is 7.57. The van der Waals surface area contributed by atoms with Crippen molar-refractivity contribution in [1.82, 2.24) is 19.7 Å². The molecule has 2 heterocycles. The van der Waals surface area contributed by atoms with Gasteiger partial charge in [-0.25, -0.2) is 4.98 Å². The number of fused-ring (bicyclic) bond motifs is 1. The normalized spacial score (nSPS) is 10.8. The molecule has 13 heavy (non-hydrogen) atoms. The molecule has 0 radical (unpaired) electrons. The smallest absolute Gasteiger partial charge is 0.155 e. The highest BCUT2D eigenvalue weighted by molar-refractivity contribution is 5.36. The summed E-state index contributed by atoms with van der Waals surface area (Å²) in [5.74, 6) is 0. The van der Waals surface area contributed by atoms with Gasteiger partial charge in [-0.1, -0.05) is 0 Å². The molecule has 2 aromatic rings. The van der Waals surface area contributed by atoms with E-state index in [0.29, 0.717) is 0 Å². The molecular formula is C9H12N4. The Hall–Kier alpha value is -1.42. The summed E-state index contributed by atoms with van der Waals surface area (Å²) in [7, 11) is 1.94. The Morgan fingerprint density at radius 2 is 2.46 bits per heavy atom. The molecule has 0 saturated heterocycles. The van der Waals surface area contributed by atoms with Crippen LogP contribution in [0.2, 0.25) is 0 Å². The van der Waals surface area contributed by atoms with E-state index in [0.717, 1.165) is 24.3 Å². The van der Waals surface area contributed by atoms with E-state index in [1.54, 1.807) is 12.4 Å². The Labute approximate surface area is 76.6 Å². The van der Waals surface area contributed by atoms with Gasteiger partial charge in [-0.2, -0.15) is 0 Å². The van der Waals surface area contributed by atoms with E-state index >= 15 is 0 Å². The third-order valence-corrected chi connectivity index (χ3v) is 1.95. The average Bonchev–Trinajstić information content (AvgIpc) is 2.57. The van der Waals surface area contributed by atoms with Gasteiger partial charge in [-0.05, 0) is 7.05 Å². The summed E-state index contributed by atoms with van der Waals surface area (Å²) in [6.45, 7) is 0.956. The molecule has 0 aliphatic heterocycles. The minimum Gasteiger partial charge on any atom is -0.319 e. The predicted octanol–water partition coefficient (Wildman–Crippen LogP) is 0.491. The fourth-order valence-corrected chi connectivity index (χ4v) is 1.27. The number of rotatable bonds is 3. The number of nitrogens with zero attached hydrogens (tertiary/aromatic N) is 3. The molecule has 0 saturated carbocycles. The van der Waals surface area contributed by atoms with E-state index in [4.69, 9.17) is 0 Å². The standard InChI is InChI=1S/C9H12N4/c1-10-3-2-8-7-13-5-4-11-6-9(13)12-8/h4-7,10H,2-3H2,1H3. The number of hydrogen-bond donors (Lipinski definition) is 1. The molecule has 0 aromatic carbocycles. The lowest BCUT2D eigenvalue weighted by atomic mass is 10.3. The summed E-state index contributed by atoms with van der Waals surface area (Å²) in [5.41, 5.74) is 2.01. The van der Waals surface area contributed by atoms with E-state index in [-0.39, 0.29) is 0 Å². The molecule has 2 aromatic heterocycles. The molecule has 1 N–H and O–H groups in total. The second kappa shape index (κ2) is 3.53. The Bertz CT molecular complexity index is 360. The fourth-order valence-electron chi connectivity index (χ4n) is 1.27. The van der Waals surface area contributed by atoms with E-state index in [1.165, 1.54) is 0 Å². The molecule has 0 aliphatic rings. The second-order valence-corrected chi connectivity index (χ2v) is 2.93. The lowest BCUT2D eigenvalue weighted by Crippen LogP contribution is -2.10. The highest BCUT2D eigenvalue weighted by Crippen LogP contribution is 2.02. The van der Waals surface area contributed by atoms with Crippen LogP contribution >= 0.6 is 0 Å². The third kappa shape index (κ3) is 1.67. The van der Waals surface area contributed by atoms with Crippen LogP contribution in [-0.2, 0) is 6.42 Å². The maximum atomic E-state index is 4.41. The Morgan fingerprint density at radius 1 is 1.54 bits per heavy atom. The van der Waals surface area contributed by atoms with Crippen molar-refractivity contribution in [2.75, 3.05) is 13.6 Å². The maximum Gasteiger partial charge on any atom is 0.155 e. The van der Waals surface area contributed by atoms with Gasteiger partial charge < -0.3 is 9.72 Å². The fraction of sp³-hybridized carbons (Fsp3) is 0.333. The van der Waals surface area contributed by atoms with Crippen molar-refractivity contribution in [3.05, 3.63) is 30.5 Å². The van der Waals surface area contributed by atoms with Gasteiger partial charge in [0.1, 0.15) is 0 Å². The first-order valence-corrected chi connectivity index (χ1v) is 4.32. The van der Waals surface area contributed by atoms with Crippen molar-refractivity contribution in [3.8, 4) is 0 Å². The molecule has 0 amide bonds. The Balaban J connectivity index is 2.28. The van der Waals surface area contributed by atoms with Gasteiger partial charge in [-0.3, -0.25) is 4.98 Å². The number of hydrogen-bond acceptors (Lipinski definition) is 3. The summed E-state index contributed by atoms with van der Waals surface area (Å²) < 4.78 is 1.98. The average molecular weight is 176 g/mol. The maximum absolute atomic E-state index is 4.41. The zero-order chi connectivity index (χ0) is 9.10. The first kappa shape index (κ1) is 8.19. The summed E-state index contributed by atoms with van der Waals surface area (Å²) >= 11 is 0. The van der Waals surface area contributed by atoms with E-state index in [2.05, 4.69) is 15.3 Å². The van der Waals surface area contributed by atoms with Gasteiger partial charge in [0.25, 0.3) is 0 Å². The quantitative estimate of drug-likeness (QED) is 0.740. The summed E-state index contributed by atoms with van der Waals surface area (Å²) in [4.78, 5) is 8.42. The second-order valence-electron chi connectivity index (χ2n) is 2.93. The van der Waals surface area contributed by atoms with Crippen molar-refractivity contribution in [3.63, 3.8) is 0 Å². The molecule has 4 nitrogen and oxygen atoms in total. The van der Waals surface area contributed by atoms with Gasteiger partial charge in [0.15, 0.2) is 5.65 Å². The number of likely N-dealkylation sites (N-methyl/N-ethyl adjacent to an activating group) is 1. The Kier molecular flexibility index (Phi) is 2.23. The van der Waals surface area contributed by atoms with Crippen LogP contribution in [0.4, 0.5) is 0 Å². The SMILES string of the molecule is CNCCc1cn2ccncc2n1. The summed E-state index contributed by atoms with van der Waals surface area (Å²) in [6, 6.07) is 0. The van der Waals surface area contributed by atoms with E-state index in [9.17, 15) is 0 Å². The first-order chi connectivity index (χ1) is 6.40. The molecule has 4 heteroatoms. The van der Waals surface area contributed by atoms with Crippen LogP contribution in [-0.4, -0.2) is 28.0 Å². The van der Waals surface area contributed by atoms with Crippen molar-refractivity contribution < 1.29 is 0 Å².